The predicted molar refractivity (Wildman–Crippen MR) is 90.5 cm³/mol. The standard InChI is InChI=1S/C19H21NO3/c1-3-23-19(22)16-9-11-17(12-10-16)20-18(21)13-14(2)15-7-5-4-6-8-15/h4-12,14H,3,13H2,1-2H3,(H,20,21). The Hall–Kier alpha value is -2.62. The van der Waals surface area contributed by atoms with Crippen LogP contribution in [-0.2, 0) is 9.53 Å². The molecule has 0 aliphatic heterocycles. The highest BCUT2D eigenvalue weighted by Gasteiger charge is 2.12. The third kappa shape index (κ3) is 4.95. The number of hydrogen-bond donors (Lipinski definition) is 1. The molecule has 0 spiro atoms. The molecular formula is C19H21NO3. The number of benzene rings is 2. The van der Waals surface area contributed by atoms with Gasteiger partial charge in [-0.1, -0.05) is 37.3 Å². The lowest BCUT2D eigenvalue weighted by Gasteiger charge is -2.12. The Morgan fingerprint density at radius 1 is 1.04 bits per heavy atom. The Morgan fingerprint density at radius 2 is 1.70 bits per heavy atom. The van der Waals surface area contributed by atoms with E-state index in [1.54, 1.807) is 31.2 Å². The van der Waals surface area contributed by atoms with Crippen LogP contribution in [0.4, 0.5) is 5.69 Å². The van der Waals surface area contributed by atoms with E-state index < -0.39 is 0 Å². The number of amides is 1. The molecule has 0 fully saturated rings. The number of nitrogens with one attached hydrogen (secondary N) is 1. The molecule has 0 heterocycles. The number of hydrogen-bond acceptors (Lipinski definition) is 3. The summed E-state index contributed by atoms with van der Waals surface area (Å²) in [6.45, 7) is 4.13. The summed E-state index contributed by atoms with van der Waals surface area (Å²) in [5.41, 5.74) is 2.28. The van der Waals surface area contributed by atoms with Crippen molar-refractivity contribution in [2.45, 2.75) is 26.2 Å². The Labute approximate surface area is 136 Å². The zero-order chi connectivity index (χ0) is 16.7. The molecule has 23 heavy (non-hydrogen) atoms. The van der Waals surface area contributed by atoms with Gasteiger partial charge in [-0.3, -0.25) is 4.79 Å². The molecule has 0 saturated carbocycles. The van der Waals surface area contributed by atoms with Gasteiger partial charge in [0.05, 0.1) is 12.2 Å². The molecular weight excluding hydrogens is 290 g/mol. The first-order valence-corrected chi connectivity index (χ1v) is 7.72. The molecule has 1 N–H and O–H groups in total. The zero-order valence-corrected chi connectivity index (χ0v) is 13.4. The van der Waals surface area contributed by atoms with Crippen molar-refractivity contribution in [3.8, 4) is 0 Å². The van der Waals surface area contributed by atoms with Crippen LogP contribution in [0, 0.1) is 0 Å². The quantitative estimate of drug-likeness (QED) is 0.821. The van der Waals surface area contributed by atoms with Crippen LogP contribution in [0.3, 0.4) is 0 Å². The largest absolute Gasteiger partial charge is 0.462 e. The lowest BCUT2D eigenvalue weighted by molar-refractivity contribution is -0.116. The summed E-state index contributed by atoms with van der Waals surface area (Å²) in [5, 5.41) is 2.85. The number of ether oxygens (including phenoxy) is 1. The molecule has 4 heteroatoms. The van der Waals surface area contributed by atoms with Crippen LogP contribution >= 0.6 is 0 Å². The van der Waals surface area contributed by atoms with Crippen LogP contribution in [0.25, 0.3) is 0 Å². The summed E-state index contributed by atoms with van der Waals surface area (Å²) in [7, 11) is 0. The molecule has 1 atom stereocenters. The molecule has 0 aliphatic rings. The molecule has 0 radical (unpaired) electrons. The summed E-state index contributed by atoms with van der Waals surface area (Å²) in [6.07, 6.45) is 0.406. The molecule has 0 bridgehead atoms. The van der Waals surface area contributed by atoms with Gasteiger partial charge in [0.25, 0.3) is 0 Å². The average molecular weight is 311 g/mol. The number of carbonyl (C=O) groups is 2. The molecule has 2 rings (SSSR count). The fraction of sp³-hybridized carbons (Fsp3) is 0.263. The Kier molecular flexibility index (Phi) is 5.92. The van der Waals surface area contributed by atoms with E-state index >= 15 is 0 Å². The third-order valence-corrected chi connectivity index (χ3v) is 3.54. The van der Waals surface area contributed by atoms with Gasteiger partial charge in [-0.15, -0.1) is 0 Å². The fourth-order valence-corrected chi connectivity index (χ4v) is 2.29. The van der Waals surface area contributed by atoms with E-state index in [4.69, 9.17) is 4.74 Å². The van der Waals surface area contributed by atoms with E-state index in [0.717, 1.165) is 5.56 Å². The second-order valence-corrected chi connectivity index (χ2v) is 5.36. The lowest BCUT2D eigenvalue weighted by atomic mass is 9.97. The van der Waals surface area contributed by atoms with Gasteiger partial charge < -0.3 is 10.1 Å². The van der Waals surface area contributed by atoms with Crippen molar-refractivity contribution in [1.29, 1.82) is 0 Å². The van der Waals surface area contributed by atoms with Gasteiger partial charge in [-0.25, -0.2) is 4.79 Å². The van der Waals surface area contributed by atoms with Gasteiger partial charge in [0.1, 0.15) is 0 Å². The monoisotopic (exact) mass is 311 g/mol. The van der Waals surface area contributed by atoms with Crippen molar-refractivity contribution in [2.75, 3.05) is 11.9 Å². The average Bonchev–Trinajstić information content (AvgIpc) is 2.56. The summed E-state index contributed by atoms with van der Waals surface area (Å²) in [5.74, 6) is -0.261. The highest BCUT2D eigenvalue weighted by atomic mass is 16.5. The maximum Gasteiger partial charge on any atom is 0.338 e. The molecule has 2 aromatic carbocycles. The first kappa shape index (κ1) is 16.7. The van der Waals surface area contributed by atoms with Gasteiger partial charge in [0.15, 0.2) is 0 Å². The van der Waals surface area contributed by atoms with Crippen molar-refractivity contribution >= 4 is 17.6 Å². The van der Waals surface area contributed by atoms with E-state index in [1.165, 1.54) is 0 Å². The van der Waals surface area contributed by atoms with Crippen LogP contribution in [0.5, 0.6) is 0 Å². The van der Waals surface area contributed by atoms with Gasteiger partial charge in [0, 0.05) is 12.1 Å². The van der Waals surface area contributed by atoms with Crippen molar-refractivity contribution in [3.63, 3.8) is 0 Å². The molecule has 2 aromatic rings. The van der Waals surface area contributed by atoms with Crippen molar-refractivity contribution in [1.82, 2.24) is 0 Å². The first-order chi connectivity index (χ1) is 11.1. The maximum atomic E-state index is 12.1. The van der Waals surface area contributed by atoms with Crippen molar-refractivity contribution in [3.05, 3.63) is 65.7 Å². The molecule has 1 amide bonds. The first-order valence-electron chi connectivity index (χ1n) is 7.72. The summed E-state index contributed by atoms with van der Waals surface area (Å²) in [6, 6.07) is 16.6. The fourth-order valence-electron chi connectivity index (χ4n) is 2.29. The molecule has 120 valence electrons. The van der Waals surface area contributed by atoms with Gasteiger partial charge in [-0.2, -0.15) is 0 Å². The van der Waals surface area contributed by atoms with Crippen molar-refractivity contribution in [2.24, 2.45) is 0 Å². The number of rotatable bonds is 6. The van der Waals surface area contributed by atoms with Crippen LogP contribution in [-0.4, -0.2) is 18.5 Å². The topological polar surface area (TPSA) is 55.4 Å². The Bertz CT molecular complexity index is 650. The molecule has 1 unspecified atom stereocenters. The van der Waals surface area contributed by atoms with E-state index in [-0.39, 0.29) is 17.8 Å². The van der Waals surface area contributed by atoms with Crippen LogP contribution in [0.1, 0.15) is 42.1 Å². The second-order valence-electron chi connectivity index (χ2n) is 5.36. The van der Waals surface area contributed by atoms with Crippen LogP contribution < -0.4 is 5.32 Å². The minimum absolute atomic E-state index is 0.0507. The van der Waals surface area contributed by atoms with E-state index in [9.17, 15) is 9.59 Å². The Balaban J connectivity index is 1.91. The number of carbonyl (C=O) groups excluding carboxylic acids is 2. The maximum absolute atomic E-state index is 12.1. The predicted octanol–water partition coefficient (Wildman–Crippen LogP) is 4.00. The summed E-state index contributed by atoms with van der Waals surface area (Å²) in [4.78, 5) is 23.7. The SMILES string of the molecule is CCOC(=O)c1ccc(NC(=O)CC(C)c2ccccc2)cc1. The molecule has 0 aliphatic carbocycles. The van der Waals surface area contributed by atoms with Gasteiger partial charge in [0.2, 0.25) is 5.91 Å². The van der Waals surface area contributed by atoms with Crippen LogP contribution in [0.2, 0.25) is 0 Å². The van der Waals surface area contributed by atoms with Crippen molar-refractivity contribution < 1.29 is 14.3 Å². The lowest BCUT2D eigenvalue weighted by Crippen LogP contribution is -2.14. The highest BCUT2D eigenvalue weighted by Crippen LogP contribution is 2.19. The van der Waals surface area contributed by atoms with Crippen LogP contribution in [0.15, 0.2) is 54.6 Å². The Morgan fingerprint density at radius 3 is 2.30 bits per heavy atom. The number of esters is 1. The normalized spacial score (nSPS) is 11.6. The minimum atomic E-state index is -0.358. The smallest absolute Gasteiger partial charge is 0.338 e. The minimum Gasteiger partial charge on any atom is -0.462 e. The second kappa shape index (κ2) is 8.13. The third-order valence-electron chi connectivity index (χ3n) is 3.54. The molecule has 0 saturated heterocycles. The molecule has 4 nitrogen and oxygen atoms in total. The summed E-state index contributed by atoms with van der Waals surface area (Å²) < 4.78 is 4.92. The zero-order valence-electron chi connectivity index (χ0n) is 13.4. The van der Waals surface area contributed by atoms with E-state index in [2.05, 4.69) is 5.32 Å². The van der Waals surface area contributed by atoms with Gasteiger partial charge >= 0.3 is 5.97 Å². The molecule has 0 aromatic heterocycles. The summed E-state index contributed by atoms with van der Waals surface area (Å²) >= 11 is 0. The van der Waals surface area contributed by atoms with E-state index in [0.29, 0.717) is 24.3 Å². The highest BCUT2D eigenvalue weighted by molar-refractivity contribution is 5.93. The number of anilines is 1. The van der Waals surface area contributed by atoms with Gasteiger partial charge in [-0.05, 0) is 42.7 Å². The van der Waals surface area contributed by atoms with E-state index in [1.807, 2.05) is 37.3 Å².